The lowest BCUT2D eigenvalue weighted by atomic mass is 9.88. The number of phosphoric acid groups is 1. The maximum Gasteiger partial charge on any atom is 0.587 e. The molecule has 0 radical (unpaired) electrons. The Labute approximate surface area is 556 Å². The lowest BCUT2D eigenvalue weighted by molar-refractivity contribution is -0.200. The van der Waals surface area contributed by atoms with Crippen LogP contribution in [0.2, 0.25) is 10.0 Å². The molecule has 0 saturated carbocycles. The number of fused-ring (bicyclic) bond motifs is 4. The first-order chi connectivity index (χ1) is 45.2. The molecule has 0 bridgehead atoms. The Morgan fingerprint density at radius 3 is 1.56 bits per heavy atom. The van der Waals surface area contributed by atoms with Crippen LogP contribution in [0.3, 0.4) is 0 Å². The minimum Gasteiger partial charge on any atom is -0.393 e. The molecule has 0 spiro atoms. The van der Waals surface area contributed by atoms with E-state index in [1.54, 1.807) is 85.3 Å². The van der Waals surface area contributed by atoms with Crippen molar-refractivity contribution in [3.8, 4) is 29.7 Å². The van der Waals surface area contributed by atoms with Gasteiger partial charge in [-0.3, -0.25) is 4.52 Å². The zero-order valence-corrected chi connectivity index (χ0v) is 55.8. The quantitative estimate of drug-likeness (QED) is 0.0301. The SMILES string of the molecule is CCCCCCCCCCCCCCCC[C@H](COP(=O)(Oc1cccc(C[C@]2(C#N)O[C@@H](c3ccc4c(N)ncnn34)C3OC(C)(C)OC32)c1Cl)Oc1cccc(C[C@]2(C#N)O[C@@H](c3ccc4c(N)ncnn34)C3OC(C)(C)OC32)c1Cl)OCc1cc(F)cc(C#N)c1. The maximum atomic E-state index is 16.0. The molecule has 498 valence electrons. The minimum absolute atomic E-state index is 0.0699. The molecule has 26 heteroatoms. The van der Waals surface area contributed by atoms with Crippen molar-refractivity contribution in [3.63, 3.8) is 0 Å². The van der Waals surface area contributed by atoms with Crippen molar-refractivity contribution in [2.45, 2.75) is 216 Å². The zero-order chi connectivity index (χ0) is 66.4. The molecule has 94 heavy (non-hydrogen) atoms. The fourth-order valence-corrected chi connectivity index (χ4v) is 15.1. The summed E-state index contributed by atoms with van der Waals surface area (Å²) in [4.78, 5) is 8.25. The summed E-state index contributed by atoms with van der Waals surface area (Å²) in [6, 6.07) is 27.3. The van der Waals surface area contributed by atoms with Crippen LogP contribution >= 0.6 is 31.0 Å². The third-order valence-corrected chi connectivity index (χ3v) is 19.9. The average molecular weight is 1350 g/mol. The minimum atomic E-state index is -5.01. The highest BCUT2D eigenvalue weighted by Crippen LogP contribution is 2.57. The van der Waals surface area contributed by atoms with Crippen molar-refractivity contribution in [3.05, 3.63) is 141 Å². The summed E-state index contributed by atoms with van der Waals surface area (Å²) in [7, 11) is -5.01. The van der Waals surface area contributed by atoms with E-state index in [4.69, 9.17) is 81.4 Å². The van der Waals surface area contributed by atoms with Gasteiger partial charge in [-0.15, -0.1) is 0 Å². The zero-order valence-electron chi connectivity index (χ0n) is 53.4. The van der Waals surface area contributed by atoms with E-state index in [0.717, 1.165) is 31.7 Å². The van der Waals surface area contributed by atoms with Gasteiger partial charge in [-0.2, -0.15) is 26.0 Å². The number of nitrogen functional groups attached to an aromatic ring is 2. The van der Waals surface area contributed by atoms with Crippen LogP contribution in [-0.4, -0.2) is 89.1 Å². The Hall–Kier alpha value is -7.01. The molecule has 22 nitrogen and oxygen atoms in total. The Bertz CT molecular complexity index is 3830. The highest BCUT2D eigenvalue weighted by Gasteiger charge is 2.66. The van der Waals surface area contributed by atoms with Crippen LogP contribution < -0.4 is 20.5 Å². The van der Waals surface area contributed by atoms with Crippen molar-refractivity contribution < 1.29 is 55.7 Å². The van der Waals surface area contributed by atoms with E-state index in [2.05, 4.69) is 39.2 Å². The van der Waals surface area contributed by atoms with E-state index in [-0.39, 0.29) is 64.8 Å². The Morgan fingerprint density at radius 2 is 1.11 bits per heavy atom. The molecule has 7 aromatic rings. The summed E-state index contributed by atoms with van der Waals surface area (Å²) < 4.78 is 99.1. The number of nitrogens with two attached hydrogens (primary N) is 2. The van der Waals surface area contributed by atoms with E-state index in [1.807, 2.05) is 6.07 Å². The summed E-state index contributed by atoms with van der Waals surface area (Å²) in [5, 5.41) is 40.9. The average Bonchev–Trinajstić information content (AvgIpc) is 1.57. The number of nitrogens with zero attached hydrogens (tertiary/aromatic N) is 9. The van der Waals surface area contributed by atoms with E-state index >= 15 is 4.57 Å². The van der Waals surface area contributed by atoms with Gasteiger partial charge >= 0.3 is 7.82 Å². The van der Waals surface area contributed by atoms with Gasteiger partial charge < -0.3 is 53.7 Å². The molecular formula is C68H79Cl2FN11O11P. The number of phosphoric ester groups is 1. The lowest BCUT2D eigenvalue weighted by Gasteiger charge is -2.30. The smallest absolute Gasteiger partial charge is 0.393 e. The van der Waals surface area contributed by atoms with Crippen molar-refractivity contribution in [2.75, 3.05) is 18.1 Å². The van der Waals surface area contributed by atoms with Crippen LogP contribution in [0.25, 0.3) is 11.0 Å². The van der Waals surface area contributed by atoms with Crippen molar-refractivity contribution >= 4 is 53.7 Å². The molecule has 4 unspecified atom stereocenters. The second kappa shape index (κ2) is 29.1. The summed E-state index contributed by atoms with van der Waals surface area (Å²) in [5.41, 5.74) is 12.3. The molecule has 4 fully saturated rings. The fraction of sp³-hybridized carbons (Fsp3) is 0.515. The van der Waals surface area contributed by atoms with Crippen LogP contribution in [0.5, 0.6) is 11.5 Å². The van der Waals surface area contributed by atoms with Gasteiger partial charge in [0, 0.05) is 12.8 Å². The topological polar surface area (TPSA) is 293 Å². The fourth-order valence-electron chi connectivity index (χ4n) is 13.2. The number of ether oxygens (including phenoxy) is 7. The first kappa shape index (κ1) is 68.4. The van der Waals surface area contributed by atoms with Gasteiger partial charge in [-0.25, -0.2) is 28.0 Å². The molecule has 4 aliphatic rings. The Morgan fingerprint density at radius 1 is 0.638 bits per heavy atom. The van der Waals surface area contributed by atoms with Crippen molar-refractivity contribution in [2.24, 2.45) is 0 Å². The van der Waals surface area contributed by atoms with Gasteiger partial charge in [0.1, 0.15) is 78.3 Å². The van der Waals surface area contributed by atoms with E-state index in [9.17, 15) is 20.2 Å². The van der Waals surface area contributed by atoms with E-state index in [1.165, 1.54) is 94.7 Å². The lowest BCUT2D eigenvalue weighted by Crippen LogP contribution is -2.44. The summed E-state index contributed by atoms with van der Waals surface area (Å²) >= 11 is 14.7. The molecule has 4 aliphatic heterocycles. The predicted molar refractivity (Wildman–Crippen MR) is 347 cm³/mol. The van der Waals surface area contributed by atoms with E-state index in [0.29, 0.717) is 52.0 Å². The molecule has 3 aromatic carbocycles. The highest BCUT2D eigenvalue weighted by atomic mass is 35.5. The highest BCUT2D eigenvalue weighted by molar-refractivity contribution is 7.49. The van der Waals surface area contributed by atoms with Crippen LogP contribution in [0.4, 0.5) is 16.0 Å². The number of benzene rings is 3. The van der Waals surface area contributed by atoms with Crippen LogP contribution in [0, 0.1) is 39.8 Å². The molecular weight excluding hydrogens is 1270 g/mol. The van der Waals surface area contributed by atoms with Gasteiger partial charge in [0.05, 0.1) is 52.4 Å². The number of unbranched alkanes of at least 4 members (excludes halogenated alkanes) is 13. The molecule has 11 rings (SSSR count). The summed E-state index contributed by atoms with van der Waals surface area (Å²) in [6.45, 7) is 8.73. The van der Waals surface area contributed by atoms with Gasteiger partial charge in [-0.05, 0) is 105 Å². The molecule has 9 atom stereocenters. The molecule has 0 amide bonds. The van der Waals surface area contributed by atoms with Gasteiger partial charge in [0.2, 0.25) is 0 Å². The second-order valence-corrected chi connectivity index (χ2v) is 27.8. The molecule has 4 saturated heterocycles. The largest absolute Gasteiger partial charge is 0.587 e. The number of nitriles is 3. The summed E-state index contributed by atoms with van der Waals surface area (Å²) in [5.74, 6) is -2.72. The number of anilines is 2. The molecule has 4 aromatic heterocycles. The monoisotopic (exact) mass is 1350 g/mol. The number of rotatable bonds is 31. The van der Waals surface area contributed by atoms with Gasteiger partial charge in [-0.1, -0.05) is 144 Å². The number of hydrogen-bond donors (Lipinski definition) is 2. The maximum absolute atomic E-state index is 16.0. The predicted octanol–water partition coefficient (Wildman–Crippen LogP) is 14.5. The molecule has 8 heterocycles. The van der Waals surface area contributed by atoms with Crippen LogP contribution in [0.15, 0.2) is 91.5 Å². The number of hydrogen-bond acceptors (Lipinski definition) is 20. The van der Waals surface area contributed by atoms with Crippen molar-refractivity contribution in [1.82, 2.24) is 29.2 Å². The van der Waals surface area contributed by atoms with Gasteiger partial charge in [0.25, 0.3) is 0 Å². The Kier molecular flexibility index (Phi) is 21.2. The Balaban J connectivity index is 0.876. The van der Waals surface area contributed by atoms with Crippen molar-refractivity contribution in [1.29, 1.82) is 15.8 Å². The van der Waals surface area contributed by atoms with Gasteiger partial charge in [0.15, 0.2) is 45.9 Å². The number of halogens is 3. The first-order valence-electron chi connectivity index (χ1n) is 32.3. The third-order valence-electron chi connectivity index (χ3n) is 17.7. The summed E-state index contributed by atoms with van der Waals surface area (Å²) in [6.07, 6.45) is 12.8. The molecule has 4 N–H and O–H groups in total. The normalized spacial score (nSPS) is 24.4. The standard InChI is InChI=1S/C68H79Cl2FN11O11P/c1-6-7-8-9-10-11-12-13-14-15-16-17-18-19-24-48(84-37-44-31-43(36-72)32-47(71)33-44)38-85-94(83,92-53-25-20-22-45(55(53)69)34-67(39-73)61-59(86-65(2,3)90-61)57(88-67)49-27-29-51-63(75)77-41-79-81(49)51)93-54-26-21-23-46(56(54)70)35-68(40-74)62-60(87-66(4,5)91-62)58(89-68)50-28-30-52-64(76)78-42-80-82(50)52/h20-23,25-33,41-42,48,57-62H,6-19,24,34-35,37-38H2,1-5H3,(H2,75,77,79)(H2,76,78,80)/t48-,57+,58+,59?,60?,61?,62?,67-,68-,94?/m1/s1. The van der Waals surface area contributed by atoms with E-state index < -0.39 is 79.1 Å². The number of aromatic nitrogens is 6. The third kappa shape index (κ3) is 15.0. The van der Waals surface area contributed by atoms with Crippen LogP contribution in [0.1, 0.15) is 177 Å². The van der Waals surface area contributed by atoms with Crippen LogP contribution in [-0.2, 0) is 61.7 Å². The first-order valence-corrected chi connectivity index (χ1v) is 34.5. The second-order valence-electron chi connectivity index (χ2n) is 25.5. The molecule has 0 aliphatic carbocycles.